The maximum atomic E-state index is 13.4. The van der Waals surface area contributed by atoms with Crippen LogP contribution in [0.1, 0.15) is 22.8 Å². The summed E-state index contributed by atoms with van der Waals surface area (Å²) in [7, 11) is 1.15. The summed E-state index contributed by atoms with van der Waals surface area (Å²) in [5, 5.41) is 8.74. The Morgan fingerprint density at radius 3 is 2.75 bits per heavy atom. The average Bonchev–Trinajstić information content (AvgIpc) is 2.30. The monoisotopic (exact) mass is 223 g/mol. The lowest BCUT2D eigenvalue weighted by Crippen LogP contribution is -2.06. The van der Waals surface area contributed by atoms with Crippen molar-refractivity contribution in [3.8, 4) is 11.8 Å². The zero-order chi connectivity index (χ0) is 12.1. The second-order valence-electron chi connectivity index (χ2n) is 2.86. The Bertz CT molecular complexity index is 451. The highest BCUT2D eigenvalue weighted by Gasteiger charge is 2.16. The number of esters is 1. The molecule has 0 bridgehead atoms. The largest absolute Gasteiger partial charge is 0.492 e. The normalized spacial score (nSPS) is 9.38. The number of ether oxygens (including phenoxy) is 2. The van der Waals surface area contributed by atoms with E-state index >= 15 is 0 Å². The summed E-state index contributed by atoms with van der Waals surface area (Å²) in [6.45, 7) is 2.04. The van der Waals surface area contributed by atoms with Gasteiger partial charge in [0.2, 0.25) is 0 Å². The number of methoxy groups -OCH3 is 1. The van der Waals surface area contributed by atoms with Crippen LogP contribution in [0.5, 0.6) is 5.75 Å². The van der Waals surface area contributed by atoms with Crippen LogP contribution in [0.15, 0.2) is 12.1 Å². The molecule has 0 atom stereocenters. The van der Waals surface area contributed by atoms with E-state index in [4.69, 9.17) is 10.00 Å². The van der Waals surface area contributed by atoms with Crippen LogP contribution in [0.2, 0.25) is 0 Å². The molecule has 0 spiro atoms. The number of nitriles is 1. The van der Waals surface area contributed by atoms with Gasteiger partial charge in [-0.3, -0.25) is 0 Å². The van der Waals surface area contributed by atoms with Crippen LogP contribution >= 0.6 is 0 Å². The molecule has 0 aliphatic heterocycles. The molecule has 0 heterocycles. The minimum Gasteiger partial charge on any atom is -0.492 e. The van der Waals surface area contributed by atoms with Gasteiger partial charge in [-0.05, 0) is 19.1 Å². The fraction of sp³-hybridized carbons (Fsp3) is 0.273. The van der Waals surface area contributed by atoms with Crippen LogP contribution in [0.3, 0.4) is 0 Å². The minimum absolute atomic E-state index is 0.0482. The van der Waals surface area contributed by atoms with Crippen molar-refractivity contribution >= 4 is 5.97 Å². The van der Waals surface area contributed by atoms with Crippen molar-refractivity contribution in [2.45, 2.75) is 6.92 Å². The quantitative estimate of drug-likeness (QED) is 0.734. The lowest BCUT2D eigenvalue weighted by molar-refractivity contribution is 0.0595. The van der Waals surface area contributed by atoms with Crippen LogP contribution in [0.25, 0.3) is 0 Å². The maximum Gasteiger partial charge on any atom is 0.340 e. The molecule has 5 heteroatoms. The second kappa shape index (κ2) is 5.12. The average molecular weight is 223 g/mol. The van der Waals surface area contributed by atoms with Gasteiger partial charge >= 0.3 is 5.97 Å². The van der Waals surface area contributed by atoms with E-state index < -0.39 is 11.8 Å². The number of hydrogen-bond donors (Lipinski definition) is 0. The standard InChI is InChI=1S/C11H10FNO3/c1-3-16-10-5-8(11(14)15-2)9(12)4-7(10)6-13/h4-5H,3H2,1-2H3. The van der Waals surface area contributed by atoms with E-state index in [1.807, 2.05) is 0 Å². The van der Waals surface area contributed by atoms with Gasteiger partial charge in [-0.15, -0.1) is 0 Å². The number of nitrogens with zero attached hydrogens (tertiary/aromatic N) is 1. The first kappa shape index (κ1) is 12.0. The first-order valence-corrected chi connectivity index (χ1v) is 4.58. The first-order valence-electron chi connectivity index (χ1n) is 4.58. The van der Waals surface area contributed by atoms with Gasteiger partial charge in [0.1, 0.15) is 17.6 Å². The van der Waals surface area contributed by atoms with E-state index in [0.29, 0.717) is 6.61 Å². The van der Waals surface area contributed by atoms with Crippen LogP contribution in [0, 0.1) is 17.1 Å². The maximum absolute atomic E-state index is 13.4. The number of hydrogen-bond acceptors (Lipinski definition) is 4. The van der Waals surface area contributed by atoms with E-state index in [1.165, 1.54) is 6.07 Å². The van der Waals surface area contributed by atoms with Crippen molar-refractivity contribution in [3.05, 3.63) is 29.1 Å². The SMILES string of the molecule is CCOc1cc(C(=O)OC)c(F)cc1C#N. The Hall–Kier alpha value is -2.09. The predicted octanol–water partition coefficient (Wildman–Crippen LogP) is 1.88. The molecule has 0 amide bonds. The highest BCUT2D eigenvalue weighted by Crippen LogP contribution is 2.23. The summed E-state index contributed by atoms with van der Waals surface area (Å²) in [5.74, 6) is -1.43. The molecular weight excluding hydrogens is 213 g/mol. The van der Waals surface area contributed by atoms with Crippen LogP contribution in [0.4, 0.5) is 4.39 Å². The van der Waals surface area contributed by atoms with Crippen LogP contribution in [-0.2, 0) is 4.74 Å². The Labute approximate surface area is 92.2 Å². The Morgan fingerprint density at radius 1 is 1.56 bits per heavy atom. The van der Waals surface area contributed by atoms with Crippen molar-refractivity contribution in [2.75, 3.05) is 13.7 Å². The summed E-state index contributed by atoms with van der Waals surface area (Å²) in [5.41, 5.74) is -0.197. The number of carbonyl (C=O) groups is 1. The van der Waals surface area contributed by atoms with E-state index in [9.17, 15) is 9.18 Å². The minimum atomic E-state index is -0.803. The Balaban J connectivity index is 3.28. The summed E-state index contributed by atoms with van der Waals surface area (Å²) >= 11 is 0. The smallest absolute Gasteiger partial charge is 0.340 e. The summed E-state index contributed by atoms with van der Waals surface area (Å²) in [6.07, 6.45) is 0. The molecule has 0 saturated heterocycles. The molecular formula is C11H10FNO3. The highest BCUT2D eigenvalue weighted by molar-refractivity contribution is 5.90. The van der Waals surface area contributed by atoms with Gasteiger partial charge in [0.05, 0.1) is 24.8 Å². The third kappa shape index (κ3) is 2.28. The van der Waals surface area contributed by atoms with Gasteiger partial charge in [0.25, 0.3) is 0 Å². The molecule has 0 saturated carbocycles. The molecule has 0 fully saturated rings. The van der Waals surface area contributed by atoms with Crippen molar-refractivity contribution in [1.82, 2.24) is 0 Å². The predicted molar refractivity (Wildman–Crippen MR) is 53.6 cm³/mol. The molecule has 16 heavy (non-hydrogen) atoms. The summed E-state index contributed by atoms with van der Waals surface area (Å²) < 4.78 is 22.9. The van der Waals surface area contributed by atoms with E-state index in [1.54, 1.807) is 13.0 Å². The van der Waals surface area contributed by atoms with Gasteiger partial charge in [-0.25, -0.2) is 9.18 Å². The molecule has 1 aromatic carbocycles. The van der Waals surface area contributed by atoms with Crippen molar-refractivity contribution < 1.29 is 18.7 Å². The molecule has 1 rings (SSSR count). The van der Waals surface area contributed by atoms with Crippen LogP contribution < -0.4 is 4.74 Å². The molecule has 0 aromatic heterocycles. The number of rotatable bonds is 3. The molecule has 0 unspecified atom stereocenters. The van der Waals surface area contributed by atoms with Crippen molar-refractivity contribution in [1.29, 1.82) is 5.26 Å². The third-order valence-electron chi connectivity index (χ3n) is 1.89. The summed E-state index contributed by atoms with van der Waals surface area (Å²) in [4.78, 5) is 11.2. The van der Waals surface area contributed by atoms with E-state index in [0.717, 1.165) is 13.2 Å². The number of benzene rings is 1. The highest BCUT2D eigenvalue weighted by atomic mass is 19.1. The zero-order valence-corrected chi connectivity index (χ0v) is 8.91. The fourth-order valence-electron chi connectivity index (χ4n) is 1.18. The molecule has 84 valence electrons. The van der Waals surface area contributed by atoms with Gasteiger partial charge in [-0.1, -0.05) is 0 Å². The van der Waals surface area contributed by atoms with Gasteiger partial charge in [0.15, 0.2) is 0 Å². The molecule has 0 radical (unpaired) electrons. The topological polar surface area (TPSA) is 59.3 Å². The fourth-order valence-corrected chi connectivity index (χ4v) is 1.18. The Kier molecular flexibility index (Phi) is 3.84. The van der Waals surface area contributed by atoms with E-state index in [2.05, 4.69) is 4.74 Å². The lowest BCUT2D eigenvalue weighted by atomic mass is 10.1. The first-order chi connectivity index (χ1) is 7.63. The molecule has 1 aromatic rings. The number of halogens is 1. The second-order valence-corrected chi connectivity index (χ2v) is 2.86. The van der Waals surface area contributed by atoms with Gasteiger partial charge in [0, 0.05) is 0 Å². The summed E-state index contributed by atoms with van der Waals surface area (Å²) in [6, 6.07) is 3.91. The lowest BCUT2D eigenvalue weighted by Gasteiger charge is -2.08. The van der Waals surface area contributed by atoms with Crippen molar-refractivity contribution in [3.63, 3.8) is 0 Å². The van der Waals surface area contributed by atoms with Gasteiger partial charge < -0.3 is 9.47 Å². The molecule has 4 nitrogen and oxygen atoms in total. The molecule has 0 aliphatic carbocycles. The zero-order valence-electron chi connectivity index (χ0n) is 8.91. The molecule has 0 N–H and O–H groups in total. The molecule has 0 aliphatic rings. The van der Waals surface area contributed by atoms with E-state index in [-0.39, 0.29) is 16.9 Å². The number of carbonyl (C=O) groups excluding carboxylic acids is 1. The van der Waals surface area contributed by atoms with Crippen LogP contribution in [-0.4, -0.2) is 19.7 Å². The Morgan fingerprint density at radius 2 is 2.25 bits per heavy atom. The third-order valence-corrected chi connectivity index (χ3v) is 1.89. The van der Waals surface area contributed by atoms with Gasteiger partial charge in [-0.2, -0.15) is 5.26 Å². The van der Waals surface area contributed by atoms with Crippen molar-refractivity contribution in [2.24, 2.45) is 0 Å².